The number of carbonyl (C=O) groups excluding carboxylic acids is 1. The van der Waals surface area contributed by atoms with Crippen LogP contribution in [0, 0.1) is 11.8 Å². The Hall–Kier alpha value is -0.610. The van der Waals surface area contributed by atoms with Gasteiger partial charge in [-0.05, 0) is 45.2 Å². The maximum absolute atomic E-state index is 12.1. The van der Waals surface area contributed by atoms with E-state index in [1.54, 1.807) is 0 Å². The van der Waals surface area contributed by atoms with Crippen molar-refractivity contribution in [2.75, 3.05) is 26.2 Å². The van der Waals surface area contributed by atoms with Crippen LogP contribution in [0.15, 0.2) is 0 Å². The minimum absolute atomic E-state index is 0.0361. The molecule has 1 aliphatic rings. The second kappa shape index (κ2) is 7.74. The molecular weight excluding hydrogens is 226 g/mol. The highest BCUT2D eigenvalue weighted by molar-refractivity contribution is 5.79. The highest BCUT2D eigenvalue weighted by Gasteiger charge is 2.21. The molecule has 0 spiro atoms. The summed E-state index contributed by atoms with van der Waals surface area (Å²) >= 11 is 0. The van der Waals surface area contributed by atoms with Crippen LogP contribution in [0.1, 0.15) is 40.0 Å². The number of nitrogens with two attached hydrogens (primary N) is 1. The molecule has 1 aliphatic heterocycles. The highest BCUT2D eigenvalue weighted by Crippen LogP contribution is 2.12. The Bertz CT molecular complexity index is 249. The van der Waals surface area contributed by atoms with Crippen LogP contribution in [-0.4, -0.2) is 43.0 Å². The fraction of sp³-hybridized carbons (Fsp3) is 0.929. The van der Waals surface area contributed by atoms with E-state index in [-0.39, 0.29) is 17.9 Å². The molecule has 0 aromatic heterocycles. The van der Waals surface area contributed by atoms with E-state index in [2.05, 4.69) is 31.0 Å². The fourth-order valence-electron chi connectivity index (χ4n) is 2.64. The van der Waals surface area contributed by atoms with Gasteiger partial charge in [0.15, 0.2) is 0 Å². The summed E-state index contributed by atoms with van der Waals surface area (Å²) in [5.74, 6) is 0.599. The maximum atomic E-state index is 12.1. The Morgan fingerprint density at radius 2 is 1.89 bits per heavy atom. The van der Waals surface area contributed by atoms with Crippen LogP contribution >= 0.6 is 0 Å². The van der Waals surface area contributed by atoms with Crippen molar-refractivity contribution in [2.45, 2.75) is 46.1 Å². The largest absolute Gasteiger partial charge is 0.352 e. The van der Waals surface area contributed by atoms with Crippen molar-refractivity contribution in [3.8, 4) is 0 Å². The van der Waals surface area contributed by atoms with Crippen LogP contribution in [0.2, 0.25) is 0 Å². The van der Waals surface area contributed by atoms with Gasteiger partial charge in [0, 0.05) is 19.1 Å². The molecule has 1 rings (SSSR count). The summed E-state index contributed by atoms with van der Waals surface area (Å²) < 4.78 is 0. The molecule has 0 radical (unpaired) electrons. The molecule has 0 saturated carbocycles. The lowest BCUT2D eigenvalue weighted by Gasteiger charge is -2.24. The summed E-state index contributed by atoms with van der Waals surface area (Å²) in [6.45, 7) is 10.1. The van der Waals surface area contributed by atoms with Crippen LogP contribution in [0.4, 0.5) is 0 Å². The zero-order valence-corrected chi connectivity index (χ0v) is 12.1. The first-order valence-corrected chi connectivity index (χ1v) is 7.25. The Balaban J connectivity index is 2.32. The minimum atomic E-state index is -0.0361. The normalized spacial score (nSPS) is 20.1. The van der Waals surface area contributed by atoms with Crippen molar-refractivity contribution in [2.24, 2.45) is 17.6 Å². The number of hydrogen-bond donors (Lipinski definition) is 2. The lowest BCUT2D eigenvalue weighted by Crippen LogP contribution is -2.45. The van der Waals surface area contributed by atoms with Crippen molar-refractivity contribution in [3.63, 3.8) is 0 Å². The average molecular weight is 255 g/mol. The predicted molar refractivity (Wildman–Crippen MR) is 75.3 cm³/mol. The van der Waals surface area contributed by atoms with Gasteiger partial charge in [-0.3, -0.25) is 4.79 Å². The van der Waals surface area contributed by atoms with Gasteiger partial charge in [-0.2, -0.15) is 0 Å². The predicted octanol–water partition coefficient (Wildman–Crippen LogP) is 1.21. The fourth-order valence-corrected chi connectivity index (χ4v) is 2.64. The van der Waals surface area contributed by atoms with Crippen molar-refractivity contribution >= 4 is 5.91 Å². The summed E-state index contributed by atoms with van der Waals surface area (Å²) in [5, 5.41) is 3.10. The molecule has 1 fully saturated rings. The molecule has 0 aliphatic carbocycles. The summed E-state index contributed by atoms with van der Waals surface area (Å²) in [6.07, 6.45) is 3.46. The highest BCUT2D eigenvalue weighted by atomic mass is 16.1. The summed E-state index contributed by atoms with van der Waals surface area (Å²) in [7, 11) is 0. The SMILES string of the molecule is CC(C)CC(CN)C(=O)NC(C)CN1CCCC1. The number of carbonyl (C=O) groups is 1. The van der Waals surface area contributed by atoms with Gasteiger partial charge >= 0.3 is 0 Å². The van der Waals surface area contributed by atoms with Crippen LogP contribution in [-0.2, 0) is 4.79 Å². The van der Waals surface area contributed by atoms with Gasteiger partial charge in [0.1, 0.15) is 0 Å². The second-order valence-corrected chi connectivity index (χ2v) is 5.98. The maximum Gasteiger partial charge on any atom is 0.224 e. The minimum Gasteiger partial charge on any atom is -0.352 e. The van der Waals surface area contributed by atoms with Crippen molar-refractivity contribution < 1.29 is 4.79 Å². The average Bonchev–Trinajstić information content (AvgIpc) is 2.77. The molecule has 1 saturated heterocycles. The zero-order chi connectivity index (χ0) is 13.5. The molecule has 2 atom stereocenters. The van der Waals surface area contributed by atoms with E-state index in [9.17, 15) is 4.79 Å². The molecule has 2 unspecified atom stereocenters. The van der Waals surface area contributed by atoms with E-state index in [4.69, 9.17) is 5.73 Å². The van der Waals surface area contributed by atoms with Crippen molar-refractivity contribution in [1.82, 2.24) is 10.2 Å². The van der Waals surface area contributed by atoms with E-state index in [0.29, 0.717) is 12.5 Å². The molecule has 106 valence electrons. The van der Waals surface area contributed by atoms with E-state index in [1.165, 1.54) is 25.9 Å². The molecule has 1 amide bonds. The zero-order valence-electron chi connectivity index (χ0n) is 12.1. The van der Waals surface area contributed by atoms with Gasteiger partial charge < -0.3 is 16.0 Å². The monoisotopic (exact) mass is 255 g/mol. The molecule has 0 aromatic carbocycles. The van der Waals surface area contributed by atoms with E-state index >= 15 is 0 Å². The summed E-state index contributed by atoms with van der Waals surface area (Å²) in [4.78, 5) is 14.5. The Kier molecular flexibility index (Phi) is 6.65. The number of rotatable bonds is 7. The van der Waals surface area contributed by atoms with E-state index < -0.39 is 0 Å². The van der Waals surface area contributed by atoms with Gasteiger partial charge in [-0.15, -0.1) is 0 Å². The summed E-state index contributed by atoms with van der Waals surface area (Å²) in [6, 6.07) is 0.219. The molecule has 18 heavy (non-hydrogen) atoms. The van der Waals surface area contributed by atoms with E-state index in [1.807, 2.05) is 0 Å². The van der Waals surface area contributed by atoms with Gasteiger partial charge in [0.2, 0.25) is 5.91 Å². The molecule has 3 N–H and O–H groups in total. The third-order valence-electron chi connectivity index (χ3n) is 3.53. The molecule has 4 heteroatoms. The smallest absolute Gasteiger partial charge is 0.224 e. The van der Waals surface area contributed by atoms with Gasteiger partial charge in [-0.1, -0.05) is 13.8 Å². The van der Waals surface area contributed by atoms with Crippen LogP contribution in [0.25, 0.3) is 0 Å². The third-order valence-corrected chi connectivity index (χ3v) is 3.53. The van der Waals surface area contributed by atoms with Gasteiger partial charge in [0.05, 0.1) is 5.92 Å². The van der Waals surface area contributed by atoms with Crippen molar-refractivity contribution in [3.05, 3.63) is 0 Å². The van der Waals surface area contributed by atoms with Crippen LogP contribution in [0.3, 0.4) is 0 Å². The number of nitrogens with zero attached hydrogens (tertiary/aromatic N) is 1. The van der Waals surface area contributed by atoms with Gasteiger partial charge in [-0.25, -0.2) is 0 Å². The number of amides is 1. The Morgan fingerprint density at radius 1 is 1.28 bits per heavy atom. The van der Waals surface area contributed by atoms with Crippen LogP contribution in [0.5, 0.6) is 0 Å². The number of likely N-dealkylation sites (tertiary alicyclic amines) is 1. The molecule has 0 aromatic rings. The quantitative estimate of drug-likeness (QED) is 0.719. The first-order chi connectivity index (χ1) is 8.52. The number of nitrogens with one attached hydrogen (secondary N) is 1. The summed E-state index contributed by atoms with van der Waals surface area (Å²) in [5.41, 5.74) is 5.69. The van der Waals surface area contributed by atoms with E-state index in [0.717, 1.165) is 13.0 Å². The first-order valence-electron chi connectivity index (χ1n) is 7.25. The Morgan fingerprint density at radius 3 is 2.39 bits per heavy atom. The topological polar surface area (TPSA) is 58.4 Å². The molecule has 1 heterocycles. The molecular formula is C14H29N3O. The standard InChI is InChI=1S/C14H29N3O/c1-11(2)8-13(9-15)14(18)16-12(3)10-17-6-4-5-7-17/h11-13H,4-10,15H2,1-3H3,(H,16,18). The Labute approximate surface area is 111 Å². The lowest BCUT2D eigenvalue weighted by atomic mass is 9.96. The lowest BCUT2D eigenvalue weighted by molar-refractivity contribution is -0.125. The third kappa shape index (κ3) is 5.36. The van der Waals surface area contributed by atoms with Gasteiger partial charge in [0.25, 0.3) is 0 Å². The number of hydrogen-bond acceptors (Lipinski definition) is 3. The van der Waals surface area contributed by atoms with Crippen LogP contribution < -0.4 is 11.1 Å². The van der Waals surface area contributed by atoms with Crippen molar-refractivity contribution in [1.29, 1.82) is 0 Å². The first kappa shape index (κ1) is 15.4. The molecule has 0 bridgehead atoms. The second-order valence-electron chi connectivity index (χ2n) is 5.98. The molecule has 4 nitrogen and oxygen atoms in total.